The standard InChI is InChI=1S/C13H28N2O/c1-6-16-13(4,5)10-14-12-7-8-15(9-12)11(2)3/h11-12,14H,6-10H2,1-5H3. The number of ether oxygens (including phenoxy) is 1. The Morgan fingerprint density at radius 2 is 2.12 bits per heavy atom. The molecule has 3 nitrogen and oxygen atoms in total. The number of nitrogens with zero attached hydrogens (tertiary/aromatic N) is 1. The average Bonchev–Trinajstić information content (AvgIpc) is 2.63. The van der Waals surface area contributed by atoms with Crippen LogP contribution in [0.4, 0.5) is 0 Å². The Balaban J connectivity index is 2.24. The second-order valence-electron chi connectivity index (χ2n) is 5.65. The van der Waals surface area contributed by atoms with Crippen LogP contribution in [0.15, 0.2) is 0 Å². The van der Waals surface area contributed by atoms with Crippen molar-refractivity contribution in [3.05, 3.63) is 0 Å². The third-order valence-electron chi connectivity index (χ3n) is 3.30. The van der Waals surface area contributed by atoms with E-state index < -0.39 is 0 Å². The lowest BCUT2D eigenvalue weighted by Crippen LogP contribution is -2.44. The van der Waals surface area contributed by atoms with Crippen LogP contribution in [0.5, 0.6) is 0 Å². The van der Waals surface area contributed by atoms with E-state index in [0.29, 0.717) is 12.1 Å². The van der Waals surface area contributed by atoms with Gasteiger partial charge in [-0.3, -0.25) is 4.90 Å². The van der Waals surface area contributed by atoms with Crippen LogP contribution in [0, 0.1) is 0 Å². The Bertz CT molecular complexity index is 204. The molecular formula is C13H28N2O. The lowest BCUT2D eigenvalue weighted by atomic mass is 10.1. The van der Waals surface area contributed by atoms with E-state index in [-0.39, 0.29) is 5.60 Å². The molecule has 1 aliphatic rings. The number of rotatable bonds is 6. The van der Waals surface area contributed by atoms with Crippen molar-refractivity contribution in [2.45, 2.75) is 58.7 Å². The smallest absolute Gasteiger partial charge is 0.0750 e. The van der Waals surface area contributed by atoms with Gasteiger partial charge in [-0.15, -0.1) is 0 Å². The van der Waals surface area contributed by atoms with Gasteiger partial charge < -0.3 is 10.1 Å². The Kier molecular flexibility index (Phi) is 5.22. The summed E-state index contributed by atoms with van der Waals surface area (Å²) in [5.41, 5.74) is -0.0417. The summed E-state index contributed by atoms with van der Waals surface area (Å²) in [6.07, 6.45) is 1.26. The molecule has 1 rings (SSSR count). The molecule has 0 aromatic heterocycles. The van der Waals surface area contributed by atoms with Gasteiger partial charge in [0.15, 0.2) is 0 Å². The lowest BCUT2D eigenvalue weighted by molar-refractivity contribution is -0.0104. The summed E-state index contributed by atoms with van der Waals surface area (Å²) in [6.45, 7) is 15.0. The molecule has 3 heteroatoms. The van der Waals surface area contributed by atoms with Gasteiger partial charge in [-0.05, 0) is 47.6 Å². The summed E-state index contributed by atoms with van der Waals surface area (Å²) < 4.78 is 5.69. The van der Waals surface area contributed by atoms with E-state index >= 15 is 0 Å². The Morgan fingerprint density at radius 1 is 1.44 bits per heavy atom. The molecule has 1 heterocycles. The van der Waals surface area contributed by atoms with Crippen LogP contribution in [0.2, 0.25) is 0 Å². The highest BCUT2D eigenvalue weighted by Crippen LogP contribution is 2.14. The van der Waals surface area contributed by atoms with Crippen molar-refractivity contribution in [1.29, 1.82) is 0 Å². The van der Waals surface area contributed by atoms with Crippen LogP contribution in [0.1, 0.15) is 41.0 Å². The molecule has 96 valence electrons. The molecule has 1 saturated heterocycles. The molecule has 1 unspecified atom stereocenters. The van der Waals surface area contributed by atoms with E-state index in [1.807, 2.05) is 0 Å². The van der Waals surface area contributed by atoms with E-state index in [4.69, 9.17) is 4.74 Å². The number of likely N-dealkylation sites (tertiary alicyclic amines) is 1. The predicted molar refractivity (Wildman–Crippen MR) is 68.8 cm³/mol. The highest BCUT2D eigenvalue weighted by Gasteiger charge is 2.26. The topological polar surface area (TPSA) is 24.5 Å². The molecule has 1 aliphatic heterocycles. The maximum Gasteiger partial charge on any atom is 0.0750 e. The van der Waals surface area contributed by atoms with Gasteiger partial charge in [0.1, 0.15) is 0 Å². The zero-order chi connectivity index (χ0) is 12.2. The zero-order valence-corrected chi connectivity index (χ0v) is 11.5. The van der Waals surface area contributed by atoms with Gasteiger partial charge >= 0.3 is 0 Å². The molecule has 0 bridgehead atoms. The van der Waals surface area contributed by atoms with Crippen LogP contribution in [0.25, 0.3) is 0 Å². The van der Waals surface area contributed by atoms with E-state index in [2.05, 4.69) is 44.8 Å². The molecule has 0 radical (unpaired) electrons. The number of nitrogens with one attached hydrogen (secondary N) is 1. The molecule has 0 saturated carbocycles. The van der Waals surface area contributed by atoms with Gasteiger partial charge in [0, 0.05) is 31.8 Å². The summed E-state index contributed by atoms with van der Waals surface area (Å²) in [5, 5.41) is 3.62. The molecule has 0 aliphatic carbocycles. The van der Waals surface area contributed by atoms with Crippen LogP contribution >= 0.6 is 0 Å². The van der Waals surface area contributed by atoms with Crippen molar-refractivity contribution in [3.8, 4) is 0 Å². The Hall–Kier alpha value is -0.120. The van der Waals surface area contributed by atoms with Gasteiger partial charge in [-0.1, -0.05) is 0 Å². The minimum atomic E-state index is -0.0417. The summed E-state index contributed by atoms with van der Waals surface area (Å²) in [5.74, 6) is 0. The Morgan fingerprint density at radius 3 is 2.62 bits per heavy atom. The van der Waals surface area contributed by atoms with Gasteiger partial charge in [-0.25, -0.2) is 0 Å². The van der Waals surface area contributed by atoms with Gasteiger partial charge in [-0.2, -0.15) is 0 Å². The fourth-order valence-electron chi connectivity index (χ4n) is 2.25. The first kappa shape index (κ1) is 13.9. The minimum Gasteiger partial charge on any atom is -0.375 e. The van der Waals surface area contributed by atoms with Crippen molar-refractivity contribution in [1.82, 2.24) is 10.2 Å². The van der Waals surface area contributed by atoms with Crippen LogP contribution in [-0.4, -0.2) is 48.8 Å². The second-order valence-corrected chi connectivity index (χ2v) is 5.65. The SMILES string of the molecule is CCOC(C)(C)CNC1CCN(C(C)C)C1. The van der Waals surface area contributed by atoms with Gasteiger partial charge in [0.2, 0.25) is 0 Å². The molecule has 0 amide bonds. The zero-order valence-electron chi connectivity index (χ0n) is 11.5. The first-order valence-corrected chi connectivity index (χ1v) is 6.56. The van der Waals surface area contributed by atoms with Crippen molar-refractivity contribution in [3.63, 3.8) is 0 Å². The molecular weight excluding hydrogens is 200 g/mol. The van der Waals surface area contributed by atoms with Gasteiger partial charge in [0.25, 0.3) is 0 Å². The summed E-state index contributed by atoms with van der Waals surface area (Å²) in [4.78, 5) is 2.53. The third kappa shape index (κ3) is 4.40. The maximum absolute atomic E-state index is 5.69. The van der Waals surface area contributed by atoms with Crippen molar-refractivity contribution in [2.24, 2.45) is 0 Å². The van der Waals surface area contributed by atoms with Crippen molar-refractivity contribution < 1.29 is 4.74 Å². The van der Waals surface area contributed by atoms with E-state index in [0.717, 1.165) is 13.2 Å². The summed E-state index contributed by atoms with van der Waals surface area (Å²) >= 11 is 0. The van der Waals surface area contributed by atoms with Crippen LogP contribution in [-0.2, 0) is 4.74 Å². The third-order valence-corrected chi connectivity index (χ3v) is 3.30. The molecule has 0 aromatic carbocycles. The number of hydrogen-bond acceptors (Lipinski definition) is 3. The maximum atomic E-state index is 5.69. The number of hydrogen-bond donors (Lipinski definition) is 1. The van der Waals surface area contributed by atoms with Crippen molar-refractivity contribution >= 4 is 0 Å². The van der Waals surface area contributed by atoms with Crippen LogP contribution < -0.4 is 5.32 Å². The minimum absolute atomic E-state index is 0.0417. The van der Waals surface area contributed by atoms with E-state index in [1.54, 1.807) is 0 Å². The largest absolute Gasteiger partial charge is 0.375 e. The first-order valence-electron chi connectivity index (χ1n) is 6.56. The molecule has 0 aromatic rings. The molecule has 1 N–H and O–H groups in total. The van der Waals surface area contributed by atoms with Crippen molar-refractivity contribution in [2.75, 3.05) is 26.2 Å². The average molecular weight is 228 g/mol. The quantitative estimate of drug-likeness (QED) is 0.751. The first-order chi connectivity index (χ1) is 7.44. The molecule has 1 atom stereocenters. The normalized spacial score (nSPS) is 23.2. The van der Waals surface area contributed by atoms with E-state index in [9.17, 15) is 0 Å². The summed E-state index contributed by atoms with van der Waals surface area (Å²) in [7, 11) is 0. The Labute approximate surface area is 101 Å². The molecule has 16 heavy (non-hydrogen) atoms. The highest BCUT2D eigenvalue weighted by molar-refractivity contribution is 4.85. The summed E-state index contributed by atoms with van der Waals surface area (Å²) in [6, 6.07) is 1.31. The fraction of sp³-hybridized carbons (Fsp3) is 1.00. The molecule has 1 fully saturated rings. The van der Waals surface area contributed by atoms with E-state index in [1.165, 1.54) is 19.5 Å². The van der Waals surface area contributed by atoms with Crippen LogP contribution in [0.3, 0.4) is 0 Å². The predicted octanol–water partition coefficient (Wildman–Crippen LogP) is 1.87. The fourth-order valence-corrected chi connectivity index (χ4v) is 2.25. The second kappa shape index (κ2) is 5.99. The monoisotopic (exact) mass is 228 g/mol. The molecule has 0 spiro atoms. The van der Waals surface area contributed by atoms with Gasteiger partial charge in [0.05, 0.1) is 5.60 Å². The lowest BCUT2D eigenvalue weighted by Gasteiger charge is -2.27. The highest BCUT2D eigenvalue weighted by atomic mass is 16.5.